The highest BCUT2D eigenvalue weighted by Crippen LogP contribution is 2.06. The van der Waals surface area contributed by atoms with Crippen molar-refractivity contribution < 1.29 is 4.74 Å². The highest BCUT2D eigenvalue weighted by Gasteiger charge is 1.97. The van der Waals surface area contributed by atoms with E-state index in [0.717, 1.165) is 18.5 Å². The molecule has 1 aromatic heterocycles. The van der Waals surface area contributed by atoms with Crippen molar-refractivity contribution in [2.24, 2.45) is 5.73 Å². The predicted octanol–water partition coefficient (Wildman–Crippen LogP) is 2.34. The molecule has 0 spiro atoms. The van der Waals surface area contributed by atoms with Gasteiger partial charge in [-0.2, -0.15) is 0 Å². The number of nitrogens with two attached hydrogens (primary N) is 1. The summed E-state index contributed by atoms with van der Waals surface area (Å²) in [7, 11) is 0. The Hall–Kier alpha value is -1.71. The molecule has 0 saturated carbocycles. The van der Waals surface area contributed by atoms with E-state index in [0.29, 0.717) is 19.8 Å². The summed E-state index contributed by atoms with van der Waals surface area (Å²) in [5, 5.41) is 0. The zero-order chi connectivity index (χ0) is 13.3. The van der Waals surface area contributed by atoms with Gasteiger partial charge in [-0.15, -0.1) is 0 Å². The standard InChI is InChI=1S/C16H20N2O/c17-10-8-14-4-6-15(7-5-14)13-19-12-9-16-3-1-2-11-18-16/h1-7,11H,8-10,12-13,17H2. The first-order valence-corrected chi connectivity index (χ1v) is 6.64. The fourth-order valence-corrected chi connectivity index (χ4v) is 1.88. The Kier molecular flexibility index (Phi) is 5.53. The summed E-state index contributed by atoms with van der Waals surface area (Å²) in [5.41, 5.74) is 9.07. The van der Waals surface area contributed by atoms with E-state index in [4.69, 9.17) is 10.5 Å². The number of ether oxygens (including phenoxy) is 1. The minimum Gasteiger partial charge on any atom is -0.376 e. The summed E-state index contributed by atoms with van der Waals surface area (Å²) in [6.07, 6.45) is 3.60. The highest BCUT2D eigenvalue weighted by molar-refractivity contribution is 5.22. The van der Waals surface area contributed by atoms with Crippen molar-refractivity contribution in [2.45, 2.75) is 19.4 Å². The van der Waals surface area contributed by atoms with Crippen LogP contribution < -0.4 is 5.73 Å². The number of hydrogen-bond donors (Lipinski definition) is 1. The van der Waals surface area contributed by atoms with Gasteiger partial charge in [-0.25, -0.2) is 0 Å². The molecule has 2 N–H and O–H groups in total. The summed E-state index contributed by atoms with van der Waals surface area (Å²) in [4.78, 5) is 4.26. The van der Waals surface area contributed by atoms with Gasteiger partial charge in [-0.05, 0) is 36.2 Å². The van der Waals surface area contributed by atoms with Crippen LogP contribution in [0.2, 0.25) is 0 Å². The van der Waals surface area contributed by atoms with Gasteiger partial charge in [0.25, 0.3) is 0 Å². The van der Waals surface area contributed by atoms with Crippen molar-refractivity contribution in [1.29, 1.82) is 0 Å². The molecule has 2 aromatic rings. The Morgan fingerprint density at radius 1 is 0.947 bits per heavy atom. The Morgan fingerprint density at radius 3 is 2.42 bits per heavy atom. The molecule has 0 fully saturated rings. The van der Waals surface area contributed by atoms with E-state index in [-0.39, 0.29) is 0 Å². The van der Waals surface area contributed by atoms with Crippen molar-refractivity contribution >= 4 is 0 Å². The molecule has 3 nitrogen and oxygen atoms in total. The van der Waals surface area contributed by atoms with Crippen molar-refractivity contribution in [3.8, 4) is 0 Å². The smallest absolute Gasteiger partial charge is 0.0717 e. The minimum absolute atomic E-state index is 0.649. The Balaban J connectivity index is 1.70. The van der Waals surface area contributed by atoms with Crippen LogP contribution in [0.5, 0.6) is 0 Å². The lowest BCUT2D eigenvalue weighted by Crippen LogP contribution is -2.03. The van der Waals surface area contributed by atoms with Crippen LogP contribution in [0, 0.1) is 0 Å². The third-order valence-electron chi connectivity index (χ3n) is 2.95. The normalized spacial score (nSPS) is 10.6. The Labute approximate surface area is 114 Å². The van der Waals surface area contributed by atoms with Gasteiger partial charge in [0, 0.05) is 18.3 Å². The molecule has 0 radical (unpaired) electrons. The molecule has 0 aliphatic carbocycles. The third kappa shape index (κ3) is 4.81. The average Bonchev–Trinajstić information content (AvgIpc) is 2.47. The molecule has 19 heavy (non-hydrogen) atoms. The van der Waals surface area contributed by atoms with Crippen LogP contribution >= 0.6 is 0 Å². The number of nitrogens with zero attached hydrogens (tertiary/aromatic N) is 1. The molecule has 100 valence electrons. The summed E-state index contributed by atoms with van der Waals surface area (Å²) in [6.45, 7) is 2.04. The van der Waals surface area contributed by atoms with E-state index in [2.05, 4.69) is 29.2 Å². The molecule has 1 aromatic carbocycles. The molecule has 2 rings (SSSR count). The molecule has 0 bridgehead atoms. The first kappa shape index (κ1) is 13.7. The number of pyridine rings is 1. The van der Waals surface area contributed by atoms with E-state index in [1.807, 2.05) is 24.4 Å². The fraction of sp³-hybridized carbons (Fsp3) is 0.312. The molecule has 3 heteroatoms. The molecular weight excluding hydrogens is 236 g/mol. The van der Waals surface area contributed by atoms with Gasteiger partial charge in [0.1, 0.15) is 0 Å². The van der Waals surface area contributed by atoms with Crippen LogP contribution in [0.15, 0.2) is 48.7 Å². The van der Waals surface area contributed by atoms with Gasteiger partial charge in [0.2, 0.25) is 0 Å². The Morgan fingerprint density at radius 2 is 1.74 bits per heavy atom. The molecule has 0 amide bonds. The lowest BCUT2D eigenvalue weighted by molar-refractivity contribution is 0.123. The maximum atomic E-state index is 5.66. The summed E-state index contributed by atoms with van der Waals surface area (Å²) in [6, 6.07) is 14.4. The summed E-state index contributed by atoms with van der Waals surface area (Å²) in [5.74, 6) is 0. The topological polar surface area (TPSA) is 48.1 Å². The van der Waals surface area contributed by atoms with E-state index < -0.39 is 0 Å². The second-order valence-corrected chi connectivity index (χ2v) is 4.48. The first-order valence-electron chi connectivity index (χ1n) is 6.64. The molecule has 0 aliphatic rings. The average molecular weight is 256 g/mol. The van der Waals surface area contributed by atoms with Crippen molar-refractivity contribution in [1.82, 2.24) is 4.98 Å². The van der Waals surface area contributed by atoms with Gasteiger partial charge in [0.15, 0.2) is 0 Å². The van der Waals surface area contributed by atoms with Crippen molar-refractivity contribution in [3.05, 3.63) is 65.5 Å². The van der Waals surface area contributed by atoms with Crippen LogP contribution in [0.4, 0.5) is 0 Å². The molecule has 1 heterocycles. The predicted molar refractivity (Wildman–Crippen MR) is 76.8 cm³/mol. The van der Waals surface area contributed by atoms with E-state index in [1.54, 1.807) is 0 Å². The Bertz CT molecular complexity index is 468. The summed E-state index contributed by atoms with van der Waals surface area (Å²) >= 11 is 0. The molecule has 0 unspecified atom stereocenters. The fourth-order valence-electron chi connectivity index (χ4n) is 1.88. The van der Waals surface area contributed by atoms with Gasteiger partial charge in [0.05, 0.1) is 13.2 Å². The largest absolute Gasteiger partial charge is 0.376 e. The SMILES string of the molecule is NCCc1ccc(COCCc2ccccn2)cc1. The van der Waals surface area contributed by atoms with Crippen LogP contribution in [-0.2, 0) is 24.2 Å². The van der Waals surface area contributed by atoms with Crippen molar-refractivity contribution in [3.63, 3.8) is 0 Å². The van der Waals surface area contributed by atoms with Crippen LogP contribution in [-0.4, -0.2) is 18.1 Å². The number of benzene rings is 1. The number of hydrogen-bond acceptors (Lipinski definition) is 3. The van der Waals surface area contributed by atoms with Gasteiger partial charge < -0.3 is 10.5 Å². The monoisotopic (exact) mass is 256 g/mol. The zero-order valence-corrected chi connectivity index (χ0v) is 11.1. The van der Waals surface area contributed by atoms with Crippen LogP contribution in [0.3, 0.4) is 0 Å². The van der Waals surface area contributed by atoms with E-state index >= 15 is 0 Å². The first-order chi connectivity index (χ1) is 9.38. The van der Waals surface area contributed by atoms with Gasteiger partial charge in [-0.1, -0.05) is 30.3 Å². The van der Waals surface area contributed by atoms with E-state index in [1.165, 1.54) is 11.1 Å². The molecule has 0 aliphatic heterocycles. The maximum Gasteiger partial charge on any atom is 0.0717 e. The zero-order valence-electron chi connectivity index (χ0n) is 11.1. The molecular formula is C16H20N2O. The number of aromatic nitrogens is 1. The third-order valence-corrected chi connectivity index (χ3v) is 2.95. The quantitative estimate of drug-likeness (QED) is 0.774. The highest BCUT2D eigenvalue weighted by atomic mass is 16.5. The van der Waals surface area contributed by atoms with E-state index in [9.17, 15) is 0 Å². The maximum absolute atomic E-state index is 5.66. The number of rotatable bonds is 7. The second kappa shape index (κ2) is 7.67. The lowest BCUT2D eigenvalue weighted by Gasteiger charge is -2.05. The van der Waals surface area contributed by atoms with Gasteiger partial charge >= 0.3 is 0 Å². The molecule has 0 atom stereocenters. The van der Waals surface area contributed by atoms with Gasteiger partial charge in [-0.3, -0.25) is 4.98 Å². The summed E-state index contributed by atoms with van der Waals surface area (Å²) < 4.78 is 5.66. The second-order valence-electron chi connectivity index (χ2n) is 4.48. The van der Waals surface area contributed by atoms with Crippen LogP contribution in [0.1, 0.15) is 16.8 Å². The van der Waals surface area contributed by atoms with Crippen LogP contribution in [0.25, 0.3) is 0 Å². The van der Waals surface area contributed by atoms with Crippen molar-refractivity contribution in [2.75, 3.05) is 13.2 Å². The molecule has 0 saturated heterocycles. The minimum atomic E-state index is 0.649. The lowest BCUT2D eigenvalue weighted by atomic mass is 10.1.